The maximum Gasteiger partial charge on any atom is 0.203 e. The van der Waals surface area contributed by atoms with Gasteiger partial charge in [-0.25, -0.2) is 9.37 Å². The van der Waals surface area contributed by atoms with Crippen LogP contribution in [0.1, 0.15) is 31.1 Å². The Balaban J connectivity index is 2.10. The molecule has 4 heteroatoms. The van der Waals surface area contributed by atoms with Crippen LogP contribution in [0.25, 0.3) is 0 Å². The summed E-state index contributed by atoms with van der Waals surface area (Å²) in [5, 5.41) is 3.24. The van der Waals surface area contributed by atoms with Crippen molar-refractivity contribution in [3.8, 4) is 0 Å². The first-order chi connectivity index (χ1) is 8.56. The molecule has 2 aromatic rings. The molecule has 1 aromatic carbocycles. The lowest BCUT2D eigenvalue weighted by atomic mass is 10.2. The van der Waals surface area contributed by atoms with Crippen LogP contribution in [-0.4, -0.2) is 9.55 Å². The smallest absolute Gasteiger partial charge is 0.203 e. The van der Waals surface area contributed by atoms with Gasteiger partial charge in [0.25, 0.3) is 0 Å². The Hall–Kier alpha value is -1.84. The molecule has 1 N–H and O–H groups in total. The van der Waals surface area contributed by atoms with Gasteiger partial charge >= 0.3 is 0 Å². The van der Waals surface area contributed by atoms with Crippen molar-refractivity contribution in [2.24, 2.45) is 0 Å². The van der Waals surface area contributed by atoms with Crippen molar-refractivity contribution in [3.63, 3.8) is 0 Å². The highest BCUT2D eigenvalue weighted by molar-refractivity contribution is 5.31. The zero-order valence-electron chi connectivity index (χ0n) is 10.9. The zero-order valence-corrected chi connectivity index (χ0v) is 10.9. The van der Waals surface area contributed by atoms with Gasteiger partial charge in [0.1, 0.15) is 5.82 Å². The van der Waals surface area contributed by atoms with Gasteiger partial charge in [-0.15, -0.1) is 0 Å². The molecule has 0 saturated heterocycles. The van der Waals surface area contributed by atoms with Gasteiger partial charge in [0.15, 0.2) is 0 Å². The minimum atomic E-state index is -0.210. The Bertz CT molecular complexity index is 532. The molecule has 0 spiro atoms. The topological polar surface area (TPSA) is 29.9 Å². The van der Waals surface area contributed by atoms with E-state index in [0.29, 0.717) is 12.6 Å². The number of hydrogen-bond acceptors (Lipinski definition) is 2. The predicted octanol–water partition coefficient (Wildman–Crippen LogP) is 3.52. The zero-order chi connectivity index (χ0) is 13.1. The molecule has 0 amide bonds. The van der Waals surface area contributed by atoms with Crippen molar-refractivity contribution in [2.45, 2.75) is 33.4 Å². The molecule has 0 fully saturated rings. The van der Waals surface area contributed by atoms with Crippen LogP contribution < -0.4 is 5.32 Å². The summed E-state index contributed by atoms with van der Waals surface area (Å²) in [4.78, 5) is 4.43. The molecular formula is C14H18FN3. The number of imidazole rings is 1. The number of nitrogens with zero attached hydrogens (tertiary/aromatic N) is 2. The van der Waals surface area contributed by atoms with E-state index in [9.17, 15) is 4.39 Å². The van der Waals surface area contributed by atoms with E-state index in [4.69, 9.17) is 0 Å². The maximum absolute atomic E-state index is 13.1. The lowest BCUT2D eigenvalue weighted by Crippen LogP contribution is -2.08. The summed E-state index contributed by atoms with van der Waals surface area (Å²) in [7, 11) is 0. The van der Waals surface area contributed by atoms with Crippen LogP contribution in [0.2, 0.25) is 0 Å². The summed E-state index contributed by atoms with van der Waals surface area (Å²) in [6, 6.07) is 6.93. The molecule has 0 saturated carbocycles. The quantitative estimate of drug-likeness (QED) is 0.895. The first kappa shape index (κ1) is 12.6. The van der Waals surface area contributed by atoms with E-state index in [2.05, 4.69) is 28.7 Å². The second-order valence-electron chi connectivity index (χ2n) is 4.69. The van der Waals surface area contributed by atoms with Crippen molar-refractivity contribution >= 4 is 5.95 Å². The van der Waals surface area contributed by atoms with E-state index in [1.54, 1.807) is 6.07 Å². The van der Waals surface area contributed by atoms with E-state index in [0.717, 1.165) is 17.2 Å². The van der Waals surface area contributed by atoms with Crippen molar-refractivity contribution in [1.82, 2.24) is 9.55 Å². The first-order valence-corrected chi connectivity index (χ1v) is 6.10. The molecule has 0 aliphatic heterocycles. The molecule has 2 rings (SSSR count). The monoisotopic (exact) mass is 247 g/mol. The number of nitrogens with one attached hydrogen (secondary N) is 1. The lowest BCUT2D eigenvalue weighted by molar-refractivity contribution is 0.603. The van der Waals surface area contributed by atoms with Crippen LogP contribution in [0.15, 0.2) is 30.5 Å². The van der Waals surface area contributed by atoms with Crippen LogP contribution in [-0.2, 0) is 6.54 Å². The molecular weight excluding hydrogens is 229 g/mol. The van der Waals surface area contributed by atoms with Crippen LogP contribution >= 0.6 is 0 Å². The largest absolute Gasteiger partial charge is 0.352 e. The highest BCUT2D eigenvalue weighted by Crippen LogP contribution is 2.16. The Kier molecular flexibility index (Phi) is 3.65. The molecule has 0 radical (unpaired) electrons. The van der Waals surface area contributed by atoms with Crippen LogP contribution in [0.3, 0.4) is 0 Å². The summed E-state index contributed by atoms with van der Waals surface area (Å²) in [5.74, 6) is 0.615. The molecule has 1 heterocycles. The van der Waals surface area contributed by atoms with Gasteiger partial charge in [0.05, 0.1) is 5.69 Å². The van der Waals surface area contributed by atoms with Crippen LogP contribution in [0, 0.1) is 12.7 Å². The van der Waals surface area contributed by atoms with E-state index in [-0.39, 0.29) is 5.82 Å². The third-order valence-electron chi connectivity index (χ3n) is 2.75. The molecule has 96 valence electrons. The Morgan fingerprint density at radius 2 is 2.17 bits per heavy atom. The average molecular weight is 247 g/mol. The summed E-state index contributed by atoms with van der Waals surface area (Å²) >= 11 is 0. The molecule has 0 unspecified atom stereocenters. The molecule has 0 bridgehead atoms. The molecule has 3 nitrogen and oxygen atoms in total. The highest BCUT2D eigenvalue weighted by Gasteiger charge is 2.07. The number of rotatable bonds is 4. The van der Waals surface area contributed by atoms with Gasteiger partial charge in [-0.2, -0.15) is 0 Å². The van der Waals surface area contributed by atoms with E-state index >= 15 is 0 Å². The molecule has 0 aliphatic carbocycles. The maximum atomic E-state index is 13.1. The van der Waals surface area contributed by atoms with Crippen molar-refractivity contribution in [3.05, 3.63) is 47.5 Å². The summed E-state index contributed by atoms with van der Waals surface area (Å²) in [6.45, 7) is 6.75. The van der Waals surface area contributed by atoms with Crippen molar-refractivity contribution in [2.75, 3.05) is 5.32 Å². The van der Waals surface area contributed by atoms with E-state index in [1.807, 2.05) is 19.2 Å². The van der Waals surface area contributed by atoms with Crippen LogP contribution in [0.5, 0.6) is 0 Å². The van der Waals surface area contributed by atoms with Gasteiger partial charge in [-0.3, -0.25) is 0 Å². The second-order valence-corrected chi connectivity index (χ2v) is 4.69. The van der Waals surface area contributed by atoms with E-state index in [1.165, 1.54) is 12.1 Å². The average Bonchev–Trinajstić information content (AvgIpc) is 2.68. The van der Waals surface area contributed by atoms with Gasteiger partial charge in [0.2, 0.25) is 5.95 Å². The van der Waals surface area contributed by atoms with Crippen molar-refractivity contribution in [1.29, 1.82) is 0 Å². The normalized spacial score (nSPS) is 10.9. The number of hydrogen-bond donors (Lipinski definition) is 1. The van der Waals surface area contributed by atoms with Crippen molar-refractivity contribution < 1.29 is 4.39 Å². The van der Waals surface area contributed by atoms with Crippen LogP contribution in [0.4, 0.5) is 10.3 Å². The Morgan fingerprint density at radius 3 is 2.83 bits per heavy atom. The standard InChI is InChI=1S/C14H18FN3/c1-10(2)18-9-11(3)17-14(18)16-8-12-5-4-6-13(15)7-12/h4-7,9-10H,8H2,1-3H3,(H,16,17). The van der Waals surface area contributed by atoms with Gasteiger partial charge in [0, 0.05) is 18.8 Å². The third kappa shape index (κ3) is 2.88. The summed E-state index contributed by atoms with van der Waals surface area (Å²) in [6.07, 6.45) is 2.01. The number of benzene rings is 1. The Morgan fingerprint density at radius 1 is 1.39 bits per heavy atom. The molecule has 18 heavy (non-hydrogen) atoms. The van der Waals surface area contributed by atoms with Gasteiger partial charge in [-0.05, 0) is 38.5 Å². The Labute approximate surface area is 107 Å². The molecule has 0 atom stereocenters. The number of aryl methyl sites for hydroxylation is 1. The fourth-order valence-corrected chi connectivity index (χ4v) is 1.87. The number of halogens is 1. The highest BCUT2D eigenvalue weighted by atomic mass is 19.1. The number of anilines is 1. The molecule has 0 aliphatic rings. The second kappa shape index (κ2) is 5.21. The third-order valence-corrected chi connectivity index (χ3v) is 2.75. The van der Waals surface area contributed by atoms with E-state index < -0.39 is 0 Å². The van der Waals surface area contributed by atoms with Gasteiger partial charge in [-0.1, -0.05) is 12.1 Å². The lowest BCUT2D eigenvalue weighted by Gasteiger charge is -2.12. The first-order valence-electron chi connectivity index (χ1n) is 6.10. The van der Waals surface area contributed by atoms with Gasteiger partial charge < -0.3 is 9.88 Å². The predicted molar refractivity (Wildman–Crippen MR) is 71.1 cm³/mol. The summed E-state index contributed by atoms with van der Waals surface area (Å²) in [5.41, 5.74) is 1.89. The SMILES string of the molecule is Cc1cn(C(C)C)c(NCc2cccc(F)c2)n1. The fraction of sp³-hybridized carbons (Fsp3) is 0.357. The minimum Gasteiger partial charge on any atom is -0.352 e. The minimum absolute atomic E-state index is 0.210. The summed E-state index contributed by atoms with van der Waals surface area (Å²) < 4.78 is 15.1. The number of aromatic nitrogens is 2. The fourth-order valence-electron chi connectivity index (χ4n) is 1.87. The molecule has 1 aromatic heterocycles.